The van der Waals surface area contributed by atoms with Gasteiger partial charge in [-0.25, -0.2) is 0 Å². The number of aliphatic hydroxyl groups excluding tert-OH is 2. The van der Waals surface area contributed by atoms with Crippen LogP contribution in [0.1, 0.15) is 57.8 Å². The maximum Gasteiger partial charge on any atom is 0.303 e. The van der Waals surface area contributed by atoms with E-state index < -0.39 is 18.2 Å². The quantitative estimate of drug-likeness (QED) is 0.546. The molecule has 0 radical (unpaired) electrons. The van der Waals surface area contributed by atoms with Crippen LogP contribution >= 0.6 is 0 Å². The Morgan fingerprint density at radius 2 is 2.00 bits per heavy atom. The second-order valence-electron chi connectivity index (χ2n) is 7.63. The fourth-order valence-corrected chi connectivity index (χ4v) is 4.66. The van der Waals surface area contributed by atoms with E-state index in [1.54, 1.807) is 0 Å². The smallest absolute Gasteiger partial charge is 0.303 e. The molecule has 3 N–H and O–H groups in total. The molecule has 5 atom stereocenters. The highest BCUT2D eigenvalue weighted by atomic mass is 16.4. The molecule has 3 rings (SSSR count). The first-order valence-corrected chi connectivity index (χ1v) is 9.34. The molecule has 0 amide bonds. The fourth-order valence-electron chi connectivity index (χ4n) is 4.66. The van der Waals surface area contributed by atoms with Gasteiger partial charge in [0.05, 0.1) is 12.0 Å². The molecule has 0 saturated heterocycles. The highest BCUT2D eigenvalue weighted by Crippen LogP contribution is 2.51. The normalized spacial score (nSPS) is 35.7. The summed E-state index contributed by atoms with van der Waals surface area (Å²) in [6.07, 6.45) is 9.02. The van der Waals surface area contributed by atoms with Crippen molar-refractivity contribution in [3.05, 3.63) is 11.6 Å². The van der Waals surface area contributed by atoms with E-state index in [1.165, 1.54) is 18.4 Å². The van der Waals surface area contributed by atoms with Gasteiger partial charge >= 0.3 is 5.97 Å². The summed E-state index contributed by atoms with van der Waals surface area (Å²) in [6, 6.07) is 0. The minimum absolute atomic E-state index is 0.0450. The number of allylic oxidation sites excluding steroid dienone is 2. The summed E-state index contributed by atoms with van der Waals surface area (Å²) < 4.78 is 0. The van der Waals surface area contributed by atoms with Gasteiger partial charge in [-0.1, -0.05) is 36.3 Å². The Kier molecular flexibility index (Phi) is 5.63. The molecule has 0 bridgehead atoms. The van der Waals surface area contributed by atoms with Gasteiger partial charge in [0.25, 0.3) is 0 Å². The summed E-state index contributed by atoms with van der Waals surface area (Å²) in [5, 5.41) is 29.3. The molecule has 0 aromatic carbocycles. The average molecular weight is 332 g/mol. The van der Waals surface area contributed by atoms with Crippen molar-refractivity contribution in [3.8, 4) is 11.8 Å². The molecule has 24 heavy (non-hydrogen) atoms. The molecule has 3 aliphatic carbocycles. The summed E-state index contributed by atoms with van der Waals surface area (Å²) in [6.45, 7) is 0. The lowest BCUT2D eigenvalue weighted by Gasteiger charge is -2.48. The summed E-state index contributed by atoms with van der Waals surface area (Å²) in [5.41, 5.74) is 1.34. The van der Waals surface area contributed by atoms with Crippen LogP contribution < -0.4 is 0 Å². The van der Waals surface area contributed by atoms with Gasteiger partial charge in [0.15, 0.2) is 0 Å². The number of hydrogen-bond acceptors (Lipinski definition) is 3. The van der Waals surface area contributed by atoms with Crippen molar-refractivity contribution in [3.63, 3.8) is 0 Å². The lowest BCUT2D eigenvalue weighted by molar-refractivity contribution is -0.136. The van der Waals surface area contributed by atoms with E-state index in [4.69, 9.17) is 5.11 Å². The van der Waals surface area contributed by atoms with E-state index in [2.05, 4.69) is 17.9 Å². The van der Waals surface area contributed by atoms with Crippen LogP contribution in [0.2, 0.25) is 0 Å². The monoisotopic (exact) mass is 332 g/mol. The topological polar surface area (TPSA) is 77.8 Å². The van der Waals surface area contributed by atoms with Crippen LogP contribution in [0.15, 0.2) is 11.6 Å². The van der Waals surface area contributed by atoms with E-state index in [9.17, 15) is 15.0 Å². The molecular weight excluding hydrogens is 304 g/mol. The number of aliphatic carboxylic acids is 1. The zero-order valence-electron chi connectivity index (χ0n) is 14.2. The van der Waals surface area contributed by atoms with Crippen molar-refractivity contribution >= 4 is 5.97 Å². The predicted molar refractivity (Wildman–Crippen MR) is 91.0 cm³/mol. The molecule has 3 aliphatic rings. The number of rotatable bonds is 4. The minimum atomic E-state index is -0.758. The molecule has 132 valence electrons. The number of hydrogen-bond donors (Lipinski definition) is 3. The highest BCUT2D eigenvalue weighted by molar-refractivity contribution is 5.66. The first-order valence-electron chi connectivity index (χ1n) is 9.34. The number of carbonyl (C=O) groups is 1. The van der Waals surface area contributed by atoms with Gasteiger partial charge < -0.3 is 15.3 Å². The third-order valence-electron chi connectivity index (χ3n) is 6.12. The standard InChI is InChI=1S/C20H28O4/c21-18(13-4-1-2-5-13)10-9-16-17-12-14(6-3-7-20(23)24)15(17)8-11-19(16)22/h6,13,15-19,21-22H,1-5,7-8,11-12H2,(H,23,24)/b14-6-/t15-,16?,17+,18?,19-/m1/s1. The van der Waals surface area contributed by atoms with Crippen LogP contribution in [0.4, 0.5) is 0 Å². The van der Waals surface area contributed by atoms with Crippen LogP contribution in [0.5, 0.6) is 0 Å². The maximum atomic E-state index is 10.6. The van der Waals surface area contributed by atoms with Crippen molar-refractivity contribution in [1.82, 2.24) is 0 Å². The first-order chi connectivity index (χ1) is 11.6. The first kappa shape index (κ1) is 17.5. The van der Waals surface area contributed by atoms with Gasteiger partial charge in [0, 0.05) is 6.42 Å². The Balaban J connectivity index is 1.59. The SMILES string of the molecule is O=C(O)CC/C=C1/C[C@@H]2C(C#CC(O)C3CCCC3)[C@H](O)CC[C@H]12. The largest absolute Gasteiger partial charge is 0.481 e. The average Bonchev–Trinajstić information content (AvgIpc) is 3.05. The van der Waals surface area contributed by atoms with E-state index >= 15 is 0 Å². The van der Waals surface area contributed by atoms with Gasteiger partial charge in [0.1, 0.15) is 6.10 Å². The lowest BCUT2D eigenvalue weighted by Crippen LogP contribution is -2.44. The molecular formula is C20H28O4. The lowest BCUT2D eigenvalue weighted by atomic mass is 9.57. The molecule has 0 aromatic heterocycles. The van der Waals surface area contributed by atoms with E-state index in [-0.39, 0.29) is 12.3 Å². The van der Waals surface area contributed by atoms with Gasteiger partial charge in [0.2, 0.25) is 0 Å². The predicted octanol–water partition coefficient (Wildman–Crippen LogP) is 2.74. The maximum absolute atomic E-state index is 10.6. The van der Waals surface area contributed by atoms with Crippen LogP contribution in [-0.4, -0.2) is 33.5 Å². The van der Waals surface area contributed by atoms with Crippen molar-refractivity contribution in [1.29, 1.82) is 0 Å². The molecule has 4 nitrogen and oxygen atoms in total. The Morgan fingerprint density at radius 3 is 2.71 bits per heavy atom. The fraction of sp³-hybridized carbons (Fsp3) is 0.750. The molecule has 3 saturated carbocycles. The molecule has 0 aliphatic heterocycles. The van der Waals surface area contributed by atoms with Crippen molar-refractivity contribution < 1.29 is 20.1 Å². The molecule has 0 heterocycles. The number of carboxylic acids is 1. The van der Waals surface area contributed by atoms with Gasteiger partial charge in [-0.05, 0) is 56.3 Å². The number of aliphatic hydroxyl groups is 2. The second kappa shape index (κ2) is 7.72. The van der Waals surface area contributed by atoms with Crippen LogP contribution in [-0.2, 0) is 4.79 Å². The van der Waals surface area contributed by atoms with E-state index in [0.717, 1.165) is 32.1 Å². The highest BCUT2D eigenvalue weighted by Gasteiger charge is 2.46. The minimum Gasteiger partial charge on any atom is -0.481 e. The third kappa shape index (κ3) is 3.84. The molecule has 2 unspecified atom stereocenters. The van der Waals surface area contributed by atoms with Gasteiger partial charge in [-0.2, -0.15) is 0 Å². The summed E-state index contributed by atoms with van der Waals surface area (Å²) in [7, 11) is 0. The summed E-state index contributed by atoms with van der Waals surface area (Å²) >= 11 is 0. The van der Waals surface area contributed by atoms with E-state index in [1.807, 2.05) is 0 Å². The van der Waals surface area contributed by atoms with Crippen LogP contribution in [0, 0.1) is 35.5 Å². The Morgan fingerprint density at radius 1 is 1.25 bits per heavy atom. The number of fused-ring (bicyclic) bond motifs is 1. The van der Waals surface area contributed by atoms with Crippen LogP contribution in [0.25, 0.3) is 0 Å². The van der Waals surface area contributed by atoms with Gasteiger partial charge in [-0.15, -0.1) is 0 Å². The van der Waals surface area contributed by atoms with Crippen LogP contribution in [0.3, 0.4) is 0 Å². The molecule has 4 heteroatoms. The molecule has 0 spiro atoms. The van der Waals surface area contributed by atoms with Gasteiger partial charge in [-0.3, -0.25) is 4.79 Å². The third-order valence-corrected chi connectivity index (χ3v) is 6.12. The van der Waals surface area contributed by atoms with Crippen molar-refractivity contribution in [2.24, 2.45) is 23.7 Å². The number of carboxylic acid groups (broad SMARTS) is 1. The van der Waals surface area contributed by atoms with E-state index in [0.29, 0.717) is 24.2 Å². The summed E-state index contributed by atoms with van der Waals surface area (Å²) in [5.74, 6) is 6.56. The van der Waals surface area contributed by atoms with Crippen molar-refractivity contribution in [2.45, 2.75) is 70.0 Å². The summed E-state index contributed by atoms with van der Waals surface area (Å²) in [4.78, 5) is 10.6. The Hall–Kier alpha value is -1.31. The zero-order chi connectivity index (χ0) is 17.1. The Labute approximate surface area is 144 Å². The van der Waals surface area contributed by atoms with Crippen molar-refractivity contribution in [2.75, 3.05) is 0 Å². The zero-order valence-corrected chi connectivity index (χ0v) is 14.2. The molecule has 0 aromatic rings. The molecule has 3 fully saturated rings. The Bertz CT molecular complexity index is 550. The second-order valence-corrected chi connectivity index (χ2v) is 7.63.